The van der Waals surface area contributed by atoms with Crippen LogP contribution in [-0.2, 0) is 16.3 Å². The van der Waals surface area contributed by atoms with Crippen LogP contribution in [0.5, 0.6) is 0 Å². The molecule has 1 aromatic rings. The molecule has 2 rings (SSSR count). The van der Waals surface area contributed by atoms with Gasteiger partial charge in [0.1, 0.15) is 18.3 Å². The Morgan fingerprint density at radius 3 is 2.71 bits per heavy atom. The van der Waals surface area contributed by atoms with Gasteiger partial charge >= 0.3 is 5.69 Å². The van der Waals surface area contributed by atoms with Crippen molar-refractivity contribution in [2.24, 2.45) is 12.6 Å². The maximum Gasteiger partial charge on any atom is 0.332 e. The van der Waals surface area contributed by atoms with Gasteiger partial charge in [0.25, 0.3) is 5.56 Å². The molecule has 0 spiro atoms. The molecule has 0 aromatic carbocycles. The summed E-state index contributed by atoms with van der Waals surface area (Å²) in [6, 6.07) is 1.14. The first-order valence-corrected chi connectivity index (χ1v) is 7.27. The van der Waals surface area contributed by atoms with Gasteiger partial charge in [0, 0.05) is 19.3 Å². The molecule has 0 bridgehead atoms. The fourth-order valence-corrected chi connectivity index (χ4v) is 2.33. The van der Waals surface area contributed by atoms with Crippen molar-refractivity contribution in [1.29, 1.82) is 0 Å². The van der Waals surface area contributed by atoms with Gasteiger partial charge in [-0.1, -0.05) is 0 Å². The second kappa shape index (κ2) is 6.32. The van der Waals surface area contributed by atoms with Crippen molar-refractivity contribution < 1.29 is 24.4 Å². The molecule has 5 N–H and O–H groups in total. The SMILES string of the molecule is Cn1c(=O)ccn([C@@H]2O[C@H](COP(N)O)[C@@H](O)[C@H]2O)c1=O. The molecule has 10 nitrogen and oxygen atoms in total. The number of rotatable bonds is 4. The standard InChI is InChI=1S/C10H16N3O7P/c1-12-6(14)2-3-13(10(12)17)9-8(16)7(15)5(20-9)4-19-21(11)18/h2-3,5,7-9,15-16,18H,4,11H2,1H3/t5-,7-,8-,9-,21?/m1/s1. The smallest absolute Gasteiger partial charge is 0.332 e. The Balaban J connectivity index is 2.24. The Morgan fingerprint density at radius 2 is 2.10 bits per heavy atom. The summed E-state index contributed by atoms with van der Waals surface area (Å²) in [6.07, 6.45) is -3.67. The van der Waals surface area contributed by atoms with E-state index in [2.05, 4.69) is 0 Å². The first-order valence-electron chi connectivity index (χ1n) is 5.99. The zero-order valence-electron chi connectivity index (χ0n) is 11.1. The van der Waals surface area contributed by atoms with Crippen molar-refractivity contribution in [2.75, 3.05) is 6.61 Å². The summed E-state index contributed by atoms with van der Waals surface area (Å²) in [5, 5.41) is 19.8. The van der Waals surface area contributed by atoms with Gasteiger partial charge in [-0.05, 0) is 0 Å². The summed E-state index contributed by atoms with van der Waals surface area (Å²) in [6.45, 7) is -0.242. The number of aliphatic hydroxyl groups is 2. The van der Waals surface area contributed by atoms with Gasteiger partial charge in [-0.2, -0.15) is 0 Å². The maximum atomic E-state index is 12.0. The third kappa shape index (κ3) is 3.22. The fourth-order valence-electron chi connectivity index (χ4n) is 2.03. The van der Waals surface area contributed by atoms with Crippen molar-refractivity contribution in [3.8, 4) is 0 Å². The minimum absolute atomic E-state index is 0.242. The first-order chi connectivity index (χ1) is 9.82. The zero-order chi connectivity index (χ0) is 15.7. The van der Waals surface area contributed by atoms with Gasteiger partial charge in [0.2, 0.25) is 8.53 Å². The maximum absolute atomic E-state index is 12.0. The Hall–Kier alpha value is -1.13. The summed E-state index contributed by atoms with van der Waals surface area (Å²) >= 11 is 0. The number of aliphatic hydroxyl groups excluding tert-OH is 2. The molecule has 11 heteroatoms. The molecule has 1 saturated heterocycles. The number of aromatic nitrogens is 2. The Morgan fingerprint density at radius 1 is 1.43 bits per heavy atom. The highest BCUT2D eigenvalue weighted by molar-refractivity contribution is 7.43. The highest BCUT2D eigenvalue weighted by Crippen LogP contribution is 2.30. The average Bonchev–Trinajstić information content (AvgIpc) is 2.71. The van der Waals surface area contributed by atoms with Crippen LogP contribution in [-0.4, -0.2) is 49.2 Å². The number of nitrogens with zero attached hydrogens (tertiary/aromatic N) is 2. The predicted octanol–water partition coefficient (Wildman–Crippen LogP) is -2.64. The van der Waals surface area contributed by atoms with Gasteiger partial charge in [-0.3, -0.25) is 19.4 Å². The van der Waals surface area contributed by atoms with Crippen LogP contribution < -0.4 is 16.8 Å². The van der Waals surface area contributed by atoms with Gasteiger partial charge in [-0.25, -0.2) is 4.79 Å². The molecular weight excluding hydrogens is 305 g/mol. The lowest BCUT2D eigenvalue weighted by Crippen LogP contribution is -2.41. The van der Waals surface area contributed by atoms with E-state index in [-0.39, 0.29) is 6.61 Å². The van der Waals surface area contributed by atoms with E-state index in [0.717, 1.165) is 15.2 Å². The van der Waals surface area contributed by atoms with Crippen LogP contribution in [0.1, 0.15) is 6.23 Å². The van der Waals surface area contributed by atoms with Crippen LogP contribution in [0.2, 0.25) is 0 Å². The molecule has 0 radical (unpaired) electrons. The zero-order valence-corrected chi connectivity index (χ0v) is 12.0. The van der Waals surface area contributed by atoms with E-state index in [1.54, 1.807) is 0 Å². The summed E-state index contributed by atoms with van der Waals surface area (Å²) in [5.74, 6) is 0. The lowest BCUT2D eigenvalue weighted by Gasteiger charge is -2.17. The van der Waals surface area contributed by atoms with E-state index in [9.17, 15) is 19.8 Å². The molecule has 2 heterocycles. The molecule has 1 aromatic heterocycles. The minimum atomic E-state index is -2.12. The molecule has 5 atom stereocenters. The summed E-state index contributed by atoms with van der Waals surface area (Å²) < 4.78 is 12.0. The quantitative estimate of drug-likeness (QED) is 0.440. The molecule has 1 aliphatic rings. The monoisotopic (exact) mass is 321 g/mol. The van der Waals surface area contributed by atoms with Crippen molar-refractivity contribution in [1.82, 2.24) is 9.13 Å². The minimum Gasteiger partial charge on any atom is -0.387 e. The van der Waals surface area contributed by atoms with Gasteiger partial charge in [0.05, 0.1) is 6.61 Å². The van der Waals surface area contributed by atoms with Crippen LogP contribution >= 0.6 is 8.53 Å². The van der Waals surface area contributed by atoms with Crippen molar-refractivity contribution in [3.63, 3.8) is 0 Å². The highest BCUT2D eigenvalue weighted by Gasteiger charge is 2.44. The largest absolute Gasteiger partial charge is 0.387 e. The van der Waals surface area contributed by atoms with E-state index in [1.165, 1.54) is 13.2 Å². The van der Waals surface area contributed by atoms with Crippen molar-refractivity contribution in [3.05, 3.63) is 33.1 Å². The molecular formula is C10H16N3O7P. The second-order valence-corrected chi connectivity index (χ2v) is 5.41. The molecule has 0 aliphatic carbocycles. The molecule has 0 saturated carbocycles. The van der Waals surface area contributed by atoms with Crippen LogP contribution in [0.25, 0.3) is 0 Å². The Bertz CT molecular complexity index is 615. The normalized spacial score (nSPS) is 30.5. The topological polar surface area (TPSA) is 149 Å². The third-order valence-corrected chi connectivity index (χ3v) is 3.61. The van der Waals surface area contributed by atoms with Gasteiger partial charge in [0.15, 0.2) is 6.23 Å². The molecule has 118 valence electrons. The molecule has 1 aliphatic heterocycles. The molecule has 0 amide bonds. The van der Waals surface area contributed by atoms with Crippen LogP contribution in [0, 0.1) is 0 Å². The average molecular weight is 321 g/mol. The third-order valence-electron chi connectivity index (χ3n) is 3.20. The lowest BCUT2D eigenvalue weighted by atomic mass is 10.1. The first kappa shape index (κ1) is 16.2. The van der Waals surface area contributed by atoms with E-state index >= 15 is 0 Å². The highest BCUT2D eigenvalue weighted by atomic mass is 31.2. The van der Waals surface area contributed by atoms with Crippen molar-refractivity contribution >= 4 is 8.53 Å². The summed E-state index contributed by atoms with van der Waals surface area (Å²) in [7, 11) is -0.836. The molecule has 21 heavy (non-hydrogen) atoms. The Labute approximate surface area is 119 Å². The number of ether oxygens (including phenoxy) is 1. The van der Waals surface area contributed by atoms with E-state index in [0.29, 0.717) is 0 Å². The lowest BCUT2D eigenvalue weighted by molar-refractivity contribution is -0.0519. The fraction of sp³-hybridized carbons (Fsp3) is 0.600. The second-order valence-electron chi connectivity index (χ2n) is 4.55. The predicted molar refractivity (Wildman–Crippen MR) is 71.1 cm³/mol. The van der Waals surface area contributed by atoms with Crippen LogP contribution in [0.4, 0.5) is 0 Å². The summed E-state index contributed by atoms with van der Waals surface area (Å²) in [4.78, 5) is 32.2. The van der Waals surface area contributed by atoms with Crippen molar-refractivity contribution in [2.45, 2.75) is 24.5 Å². The number of nitrogens with two attached hydrogens (primary N) is 1. The van der Waals surface area contributed by atoms with E-state index in [1.807, 2.05) is 0 Å². The van der Waals surface area contributed by atoms with E-state index < -0.39 is 44.3 Å². The van der Waals surface area contributed by atoms with Gasteiger partial charge < -0.3 is 24.4 Å². The number of hydrogen-bond acceptors (Lipinski definition) is 8. The number of hydrogen-bond donors (Lipinski definition) is 4. The van der Waals surface area contributed by atoms with Crippen LogP contribution in [0.15, 0.2) is 21.9 Å². The van der Waals surface area contributed by atoms with Gasteiger partial charge in [-0.15, -0.1) is 0 Å². The van der Waals surface area contributed by atoms with E-state index in [4.69, 9.17) is 19.7 Å². The molecule has 1 fully saturated rings. The molecule has 1 unspecified atom stereocenters. The Kier molecular flexibility index (Phi) is 4.89. The van der Waals surface area contributed by atoms with Crippen LogP contribution in [0.3, 0.4) is 0 Å². The summed E-state index contributed by atoms with van der Waals surface area (Å²) in [5.41, 5.74) is 3.87.